The van der Waals surface area contributed by atoms with Crippen LogP contribution in [0.4, 0.5) is 17.1 Å². The number of hydrogen-bond acceptors (Lipinski definition) is 5. The summed E-state index contributed by atoms with van der Waals surface area (Å²) in [6.45, 7) is 7.49. The highest BCUT2D eigenvalue weighted by Crippen LogP contribution is 2.46. The Morgan fingerprint density at radius 3 is 2.32 bits per heavy atom. The number of pyridine rings is 1. The largest absolute Gasteiger partial charge is 0.457 e. The van der Waals surface area contributed by atoms with Crippen molar-refractivity contribution >= 4 is 70.4 Å². The molecule has 0 fully saturated rings. The molecule has 9 rings (SSSR count). The number of para-hydroxylation sites is 1. The summed E-state index contributed by atoms with van der Waals surface area (Å²) in [6, 6.07) is 41.1. The maximum Gasteiger partial charge on any atom is 0.137 e. The normalized spacial score (nSPS) is 13.4. The molecule has 0 atom stereocenters. The molecule has 0 radical (unpaired) electrons. The van der Waals surface area contributed by atoms with Crippen LogP contribution in [0.1, 0.15) is 26.3 Å². The first-order valence-electron chi connectivity index (χ1n) is 16.0. The number of aromatic nitrogens is 2. The Morgan fingerprint density at radius 2 is 1.45 bits per heavy atom. The summed E-state index contributed by atoms with van der Waals surface area (Å²) in [7, 11) is 2.17. The van der Waals surface area contributed by atoms with Gasteiger partial charge in [-0.05, 0) is 71.6 Å². The number of anilines is 3. The molecule has 5 aromatic carbocycles. The third-order valence-corrected chi connectivity index (χ3v) is 10.5. The third kappa shape index (κ3) is 4.55. The minimum Gasteiger partial charge on any atom is -0.457 e. The molecule has 0 saturated heterocycles. The smallest absolute Gasteiger partial charge is 0.137 e. The van der Waals surface area contributed by atoms with Gasteiger partial charge in [0.25, 0.3) is 0 Å². The van der Waals surface area contributed by atoms with Gasteiger partial charge in [-0.3, -0.25) is 4.57 Å². The second-order valence-electron chi connectivity index (χ2n) is 13.5. The molecule has 5 nitrogen and oxygen atoms in total. The lowest BCUT2D eigenvalue weighted by Gasteiger charge is -2.20. The van der Waals surface area contributed by atoms with Crippen LogP contribution in [0.15, 0.2) is 121 Å². The minimum absolute atomic E-state index is 0.0178. The van der Waals surface area contributed by atoms with Crippen molar-refractivity contribution in [2.24, 2.45) is 0 Å². The number of benzene rings is 5. The van der Waals surface area contributed by atoms with E-state index >= 15 is 0 Å². The monoisotopic (exact) mass is 630 g/mol. The molecule has 1 aliphatic heterocycles. The fourth-order valence-corrected chi connectivity index (χ4v) is 8.10. The van der Waals surface area contributed by atoms with E-state index in [1.807, 2.05) is 23.6 Å². The number of ether oxygens (including phenoxy) is 1. The van der Waals surface area contributed by atoms with Gasteiger partial charge in [-0.15, -0.1) is 11.3 Å². The Labute approximate surface area is 277 Å². The van der Waals surface area contributed by atoms with Crippen molar-refractivity contribution < 1.29 is 4.74 Å². The van der Waals surface area contributed by atoms with Crippen molar-refractivity contribution in [3.63, 3.8) is 0 Å². The zero-order chi connectivity index (χ0) is 31.9. The summed E-state index contributed by atoms with van der Waals surface area (Å²) >= 11 is 1.86. The Hall–Kier alpha value is -5.33. The number of rotatable bonds is 4. The standard InChI is InChI=1S/C41H34N4OS/c1-41(2,3)26-18-19-42-40(20-26)45-34-14-7-5-12-30(34)31-17-16-29(22-35(31)45)46-28-11-9-10-27(21-28)44-25-43(4)36-24-39-33(23-37(36)44)32-13-6-8-15-38(32)47-39/h5-24H,25H2,1-4H3. The lowest BCUT2D eigenvalue weighted by Crippen LogP contribution is -2.23. The van der Waals surface area contributed by atoms with Gasteiger partial charge in [0.2, 0.25) is 0 Å². The molecular weight excluding hydrogens is 597 g/mol. The Balaban J connectivity index is 1.10. The molecule has 230 valence electrons. The van der Waals surface area contributed by atoms with E-state index in [-0.39, 0.29) is 5.41 Å². The summed E-state index contributed by atoms with van der Waals surface area (Å²) in [4.78, 5) is 9.53. The third-order valence-electron chi connectivity index (χ3n) is 9.38. The van der Waals surface area contributed by atoms with Crippen LogP contribution in [0.3, 0.4) is 0 Å². The van der Waals surface area contributed by atoms with Crippen molar-refractivity contribution in [1.29, 1.82) is 0 Å². The summed E-state index contributed by atoms with van der Waals surface area (Å²) in [5.41, 5.74) is 7.04. The van der Waals surface area contributed by atoms with Crippen LogP contribution in [-0.4, -0.2) is 23.3 Å². The topological polar surface area (TPSA) is 33.5 Å². The van der Waals surface area contributed by atoms with E-state index in [0.717, 1.165) is 40.7 Å². The average molecular weight is 631 g/mol. The molecule has 0 unspecified atom stereocenters. The molecule has 4 heterocycles. The van der Waals surface area contributed by atoms with E-state index in [4.69, 9.17) is 9.72 Å². The van der Waals surface area contributed by atoms with Gasteiger partial charge in [0, 0.05) is 62.0 Å². The molecule has 47 heavy (non-hydrogen) atoms. The van der Waals surface area contributed by atoms with Gasteiger partial charge in [0.05, 0.1) is 29.1 Å². The summed E-state index contributed by atoms with van der Waals surface area (Å²) in [5.74, 6) is 2.50. The first-order chi connectivity index (χ1) is 22.8. The maximum atomic E-state index is 6.61. The van der Waals surface area contributed by atoms with Gasteiger partial charge in [0.1, 0.15) is 17.3 Å². The molecule has 8 aromatic rings. The zero-order valence-electron chi connectivity index (χ0n) is 26.9. The molecule has 0 aliphatic carbocycles. The van der Waals surface area contributed by atoms with Crippen molar-refractivity contribution in [2.75, 3.05) is 23.5 Å². The molecule has 1 aliphatic rings. The van der Waals surface area contributed by atoms with E-state index in [1.165, 1.54) is 47.9 Å². The molecule has 6 heteroatoms. The van der Waals surface area contributed by atoms with Crippen LogP contribution in [-0.2, 0) is 5.41 Å². The number of nitrogens with zero attached hydrogens (tertiary/aromatic N) is 4. The molecule has 0 saturated carbocycles. The highest BCUT2D eigenvalue weighted by molar-refractivity contribution is 7.25. The van der Waals surface area contributed by atoms with Crippen LogP contribution in [0, 0.1) is 0 Å². The second-order valence-corrected chi connectivity index (χ2v) is 14.6. The lowest BCUT2D eigenvalue weighted by molar-refractivity contribution is 0.483. The van der Waals surface area contributed by atoms with Gasteiger partial charge >= 0.3 is 0 Å². The molecule has 0 spiro atoms. The number of thiophene rings is 1. The van der Waals surface area contributed by atoms with Gasteiger partial charge in [-0.25, -0.2) is 4.98 Å². The van der Waals surface area contributed by atoms with E-state index in [2.05, 4.69) is 151 Å². The van der Waals surface area contributed by atoms with Crippen LogP contribution >= 0.6 is 11.3 Å². The Morgan fingerprint density at radius 1 is 0.660 bits per heavy atom. The van der Waals surface area contributed by atoms with Crippen LogP contribution in [0.2, 0.25) is 0 Å². The minimum atomic E-state index is 0.0178. The first-order valence-corrected chi connectivity index (χ1v) is 16.9. The van der Waals surface area contributed by atoms with Gasteiger partial charge in [-0.2, -0.15) is 0 Å². The Bertz CT molecular complexity index is 2500. The van der Waals surface area contributed by atoms with Crippen LogP contribution in [0.5, 0.6) is 11.5 Å². The quantitative estimate of drug-likeness (QED) is 0.194. The van der Waals surface area contributed by atoms with Crippen molar-refractivity contribution in [1.82, 2.24) is 9.55 Å². The fraction of sp³-hybridized carbons (Fsp3) is 0.146. The number of hydrogen-bond donors (Lipinski definition) is 0. The summed E-state index contributed by atoms with van der Waals surface area (Å²) in [5, 5.41) is 5.00. The molecule has 3 aromatic heterocycles. The van der Waals surface area contributed by atoms with Crippen molar-refractivity contribution in [2.45, 2.75) is 26.2 Å². The van der Waals surface area contributed by atoms with E-state index in [9.17, 15) is 0 Å². The Kier molecular flexibility index (Phi) is 6.15. The van der Waals surface area contributed by atoms with E-state index in [0.29, 0.717) is 0 Å². The maximum absolute atomic E-state index is 6.61. The molecular formula is C41H34N4OS. The predicted molar refractivity (Wildman–Crippen MR) is 199 cm³/mol. The fourth-order valence-electron chi connectivity index (χ4n) is 6.98. The van der Waals surface area contributed by atoms with E-state index < -0.39 is 0 Å². The molecule has 0 bridgehead atoms. The molecule has 0 amide bonds. The van der Waals surface area contributed by atoms with E-state index in [1.54, 1.807) is 0 Å². The van der Waals surface area contributed by atoms with Crippen LogP contribution < -0.4 is 14.5 Å². The first kappa shape index (κ1) is 27.9. The second kappa shape index (κ2) is 10.3. The lowest BCUT2D eigenvalue weighted by atomic mass is 9.88. The van der Waals surface area contributed by atoms with Gasteiger partial charge in [0.15, 0.2) is 0 Å². The van der Waals surface area contributed by atoms with Gasteiger partial charge < -0.3 is 14.5 Å². The zero-order valence-corrected chi connectivity index (χ0v) is 27.7. The highest BCUT2D eigenvalue weighted by Gasteiger charge is 2.26. The summed E-state index contributed by atoms with van der Waals surface area (Å²) in [6.07, 6.45) is 1.92. The SMILES string of the molecule is CN1CN(c2cccc(Oc3ccc4c5ccccc5n(-c5cc(C(C)(C)C)ccn5)c4c3)c2)c2cc3c(cc21)sc1ccccc13. The van der Waals surface area contributed by atoms with Crippen LogP contribution in [0.25, 0.3) is 47.8 Å². The molecule has 0 N–H and O–H groups in total. The average Bonchev–Trinajstić information content (AvgIpc) is 3.72. The summed E-state index contributed by atoms with van der Waals surface area (Å²) < 4.78 is 11.5. The van der Waals surface area contributed by atoms with Crippen molar-refractivity contribution in [3.8, 4) is 17.3 Å². The predicted octanol–water partition coefficient (Wildman–Crippen LogP) is 11.2. The van der Waals surface area contributed by atoms with Crippen molar-refractivity contribution in [3.05, 3.63) is 127 Å². The van der Waals surface area contributed by atoms with Gasteiger partial charge in [-0.1, -0.05) is 63.2 Å². The number of fused-ring (bicyclic) bond motifs is 7. The highest BCUT2D eigenvalue weighted by atomic mass is 32.1.